The summed E-state index contributed by atoms with van der Waals surface area (Å²) in [6, 6.07) is 0. The van der Waals surface area contributed by atoms with Gasteiger partial charge in [0.25, 0.3) is 0 Å². The van der Waals surface area contributed by atoms with Gasteiger partial charge in [0.15, 0.2) is 0 Å². The van der Waals surface area contributed by atoms with Crippen LogP contribution in [0.25, 0.3) is 0 Å². The fourth-order valence-corrected chi connectivity index (χ4v) is 9.75. The number of carbonyl (C=O) groups is 1. The number of hydrogen-bond donors (Lipinski definition) is 0. The molecule has 2 heteroatoms. The number of ether oxygens (including phenoxy) is 1. The Balaban J connectivity index is 1.46. The SMILES string of the molecule is CC[C@H](/C=C/[C@@H](C)[C@H]1CC[C@H]2[C@@H]3CCC4CC(OC(C)=O)CC[C@]4(C)[C@H]3CC[C@]12C)C(C)C. The fourth-order valence-electron chi connectivity index (χ4n) is 9.75. The van der Waals surface area contributed by atoms with Gasteiger partial charge in [0, 0.05) is 6.92 Å². The summed E-state index contributed by atoms with van der Waals surface area (Å²) < 4.78 is 5.66. The van der Waals surface area contributed by atoms with E-state index in [1.807, 2.05) is 0 Å². The molecule has 33 heavy (non-hydrogen) atoms. The predicted octanol–water partition coefficient (Wildman–Crippen LogP) is 8.45. The van der Waals surface area contributed by atoms with Crippen LogP contribution >= 0.6 is 0 Å². The number of carbonyl (C=O) groups excluding carboxylic acids is 1. The van der Waals surface area contributed by atoms with Gasteiger partial charge in [-0.05, 0) is 122 Å². The van der Waals surface area contributed by atoms with Gasteiger partial charge in [-0.25, -0.2) is 0 Å². The maximum Gasteiger partial charge on any atom is 0.302 e. The first kappa shape index (κ1) is 25.3. The van der Waals surface area contributed by atoms with Crippen LogP contribution in [0.1, 0.15) is 113 Å². The number of allylic oxidation sites excluding steroid dienone is 2. The Labute approximate surface area is 204 Å². The molecule has 0 saturated heterocycles. The molecule has 4 saturated carbocycles. The molecule has 4 rings (SSSR count). The first-order chi connectivity index (χ1) is 15.6. The molecule has 10 atom stereocenters. The van der Waals surface area contributed by atoms with E-state index in [4.69, 9.17) is 4.74 Å². The van der Waals surface area contributed by atoms with Crippen LogP contribution in [-0.2, 0) is 9.53 Å². The van der Waals surface area contributed by atoms with E-state index in [0.717, 1.165) is 54.3 Å². The van der Waals surface area contributed by atoms with E-state index in [0.29, 0.717) is 16.7 Å². The van der Waals surface area contributed by atoms with Crippen LogP contribution in [0.5, 0.6) is 0 Å². The highest BCUT2D eigenvalue weighted by Gasteiger charge is 2.60. The van der Waals surface area contributed by atoms with Crippen molar-refractivity contribution in [2.75, 3.05) is 0 Å². The van der Waals surface area contributed by atoms with E-state index in [-0.39, 0.29) is 12.1 Å². The molecule has 4 aliphatic rings. The molecule has 0 spiro atoms. The van der Waals surface area contributed by atoms with Gasteiger partial charge in [-0.15, -0.1) is 0 Å². The quantitative estimate of drug-likeness (QED) is 0.296. The van der Waals surface area contributed by atoms with E-state index in [1.54, 1.807) is 6.92 Å². The van der Waals surface area contributed by atoms with Crippen LogP contribution in [0.3, 0.4) is 0 Å². The highest BCUT2D eigenvalue weighted by atomic mass is 16.5. The summed E-state index contributed by atoms with van der Waals surface area (Å²) >= 11 is 0. The molecule has 0 amide bonds. The van der Waals surface area contributed by atoms with Gasteiger partial charge >= 0.3 is 5.97 Å². The molecular formula is C31H52O2. The zero-order valence-electron chi connectivity index (χ0n) is 22.7. The van der Waals surface area contributed by atoms with E-state index in [9.17, 15) is 4.79 Å². The second-order valence-electron chi connectivity index (χ2n) is 13.5. The van der Waals surface area contributed by atoms with Gasteiger partial charge in [-0.3, -0.25) is 4.79 Å². The van der Waals surface area contributed by atoms with Crippen LogP contribution in [0.4, 0.5) is 0 Å². The normalized spacial score (nSPS) is 44.7. The molecule has 0 N–H and O–H groups in total. The third-order valence-electron chi connectivity index (χ3n) is 11.6. The number of rotatable bonds is 6. The van der Waals surface area contributed by atoms with E-state index < -0.39 is 0 Å². The van der Waals surface area contributed by atoms with Crippen molar-refractivity contribution in [2.45, 2.75) is 119 Å². The molecule has 4 aliphatic carbocycles. The zero-order chi connectivity index (χ0) is 24.0. The molecule has 0 aromatic carbocycles. The Bertz CT molecular complexity index is 724. The Hall–Kier alpha value is -0.790. The van der Waals surface area contributed by atoms with Crippen molar-refractivity contribution in [3.8, 4) is 0 Å². The standard InChI is InChI=1S/C31H52O2/c1-8-23(20(2)3)10-9-21(4)27-13-14-28-26-12-11-24-19-25(33-22(5)32)15-17-30(24,6)29(26)16-18-31(27,28)7/h9-10,20-21,23-29H,8,11-19H2,1-7H3/b10-9+/t21-,23-,24?,25?,26+,27-,28+,29+,30+,31-/m1/s1. The Morgan fingerprint density at radius 3 is 2.30 bits per heavy atom. The molecule has 0 bridgehead atoms. The summed E-state index contributed by atoms with van der Waals surface area (Å²) in [4.78, 5) is 11.5. The van der Waals surface area contributed by atoms with Gasteiger partial charge in [0.2, 0.25) is 0 Å². The van der Waals surface area contributed by atoms with Gasteiger partial charge in [-0.1, -0.05) is 53.7 Å². The maximum atomic E-state index is 11.5. The third kappa shape index (κ3) is 4.58. The summed E-state index contributed by atoms with van der Waals surface area (Å²) in [5.41, 5.74) is 0.999. The van der Waals surface area contributed by atoms with Crippen molar-refractivity contribution >= 4 is 5.97 Å². The largest absolute Gasteiger partial charge is 0.463 e. The number of fused-ring (bicyclic) bond motifs is 5. The topological polar surface area (TPSA) is 26.3 Å². The minimum Gasteiger partial charge on any atom is -0.463 e. The van der Waals surface area contributed by atoms with E-state index >= 15 is 0 Å². The molecule has 0 aromatic heterocycles. The second kappa shape index (κ2) is 9.69. The van der Waals surface area contributed by atoms with E-state index in [1.165, 1.54) is 51.4 Å². The highest BCUT2D eigenvalue weighted by Crippen LogP contribution is 2.68. The zero-order valence-corrected chi connectivity index (χ0v) is 22.7. The highest BCUT2D eigenvalue weighted by molar-refractivity contribution is 5.66. The van der Waals surface area contributed by atoms with Crippen molar-refractivity contribution in [3.05, 3.63) is 12.2 Å². The molecule has 0 radical (unpaired) electrons. The van der Waals surface area contributed by atoms with Gasteiger partial charge in [0.1, 0.15) is 6.10 Å². The molecule has 4 fully saturated rings. The summed E-state index contributed by atoms with van der Waals surface area (Å²) in [5, 5.41) is 0. The monoisotopic (exact) mass is 456 g/mol. The molecule has 0 heterocycles. The van der Waals surface area contributed by atoms with E-state index in [2.05, 4.69) is 53.7 Å². The van der Waals surface area contributed by atoms with Crippen LogP contribution in [0.2, 0.25) is 0 Å². The summed E-state index contributed by atoms with van der Waals surface area (Å²) in [6.07, 6.45) is 18.6. The summed E-state index contributed by atoms with van der Waals surface area (Å²) in [7, 11) is 0. The summed E-state index contributed by atoms with van der Waals surface area (Å²) in [5.74, 6) is 6.43. The molecule has 2 unspecified atom stereocenters. The molecule has 0 aliphatic heterocycles. The van der Waals surface area contributed by atoms with Crippen LogP contribution in [0.15, 0.2) is 12.2 Å². The lowest BCUT2D eigenvalue weighted by Gasteiger charge is -2.61. The Kier molecular flexibility index (Phi) is 7.43. The molecular weight excluding hydrogens is 404 g/mol. The first-order valence-electron chi connectivity index (χ1n) is 14.5. The van der Waals surface area contributed by atoms with Gasteiger partial charge in [0.05, 0.1) is 0 Å². The van der Waals surface area contributed by atoms with Crippen molar-refractivity contribution < 1.29 is 9.53 Å². The third-order valence-corrected chi connectivity index (χ3v) is 11.6. The average Bonchev–Trinajstić information content (AvgIpc) is 3.11. The lowest BCUT2D eigenvalue weighted by Crippen LogP contribution is -2.54. The van der Waals surface area contributed by atoms with Crippen LogP contribution < -0.4 is 0 Å². The summed E-state index contributed by atoms with van der Waals surface area (Å²) in [6.45, 7) is 16.5. The lowest BCUT2D eigenvalue weighted by molar-refractivity contribution is -0.160. The van der Waals surface area contributed by atoms with Crippen LogP contribution in [-0.4, -0.2) is 12.1 Å². The van der Waals surface area contributed by atoms with Crippen molar-refractivity contribution in [2.24, 2.45) is 58.2 Å². The number of hydrogen-bond acceptors (Lipinski definition) is 2. The molecule has 0 aromatic rings. The lowest BCUT2D eigenvalue weighted by atomic mass is 9.44. The van der Waals surface area contributed by atoms with Gasteiger partial charge in [-0.2, -0.15) is 0 Å². The molecule has 2 nitrogen and oxygen atoms in total. The maximum absolute atomic E-state index is 11.5. The Morgan fingerprint density at radius 2 is 1.64 bits per heavy atom. The minimum atomic E-state index is -0.0930. The smallest absolute Gasteiger partial charge is 0.302 e. The minimum absolute atomic E-state index is 0.0930. The second-order valence-corrected chi connectivity index (χ2v) is 13.5. The predicted molar refractivity (Wildman–Crippen MR) is 138 cm³/mol. The fraction of sp³-hybridized carbons (Fsp3) is 0.903. The average molecular weight is 457 g/mol. The molecule has 188 valence electrons. The van der Waals surface area contributed by atoms with Crippen molar-refractivity contribution in [1.29, 1.82) is 0 Å². The van der Waals surface area contributed by atoms with Crippen molar-refractivity contribution in [3.63, 3.8) is 0 Å². The van der Waals surface area contributed by atoms with Crippen molar-refractivity contribution in [1.82, 2.24) is 0 Å². The van der Waals surface area contributed by atoms with Gasteiger partial charge < -0.3 is 4.74 Å². The Morgan fingerprint density at radius 1 is 0.939 bits per heavy atom. The van der Waals surface area contributed by atoms with Crippen LogP contribution in [0, 0.1) is 58.2 Å². The number of esters is 1. The first-order valence-corrected chi connectivity index (χ1v) is 14.5.